The number of esters is 1. The van der Waals surface area contributed by atoms with E-state index in [9.17, 15) is 18.4 Å². The summed E-state index contributed by atoms with van der Waals surface area (Å²) in [5, 5.41) is 0.982. The molecule has 0 atom stereocenters. The van der Waals surface area contributed by atoms with Crippen LogP contribution in [-0.2, 0) is 22.7 Å². The van der Waals surface area contributed by atoms with Gasteiger partial charge in [-0.05, 0) is 30.3 Å². The normalized spacial score (nSPS) is 11.1. The number of hydrogen-bond acceptors (Lipinski definition) is 3. The van der Waals surface area contributed by atoms with Crippen LogP contribution in [0, 0.1) is 11.6 Å². The zero-order valence-corrected chi connectivity index (χ0v) is 14.7. The molecular weight excluding hydrogens is 364 g/mol. The third-order valence-corrected chi connectivity index (χ3v) is 4.59. The summed E-state index contributed by atoms with van der Waals surface area (Å²) in [6, 6.07) is 17.7. The molecule has 140 valence electrons. The van der Waals surface area contributed by atoms with Crippen molar-refractivity contribution in [1.82, 2.24) is 4.57 Å². The second-order valence-electron chi connectivity index (χ2n) is 6.32. The van der Waals surface area contributed by atoms with Gasteiger partial charge in [-0.1, -0.05) is 36.4 Å². The first-order chi connectivity index (χ1) is 13.6. The molecule has 4 rings (SSSR count). The first-order valence-corrected chi connectivity index (χ1v) is 8.65. The van der Waals surface area contributed by atoms with Crippen molar-refractivity contribution in [3.05, 3.63) is 94.2 Å². The molecule has 1 aromatic heterocycles. The van der Waals surface area contributed by atoms with Crippen molar-refractivity contribution in [3.63, 3.8) is 0 Å². The van der Waals surface area contributed by atoms with Crippen molar-refractivity contribution >= 4 is 27.8 Å². The van der Waals surface area contributed by atoms with Gasteiger partial charge >= 0.3 is 5.97 Å². The van der Waals surface area contributed by atoms with Crippen LogP contribution in [0.4, 0.5) is 8.78 Å². The van der Waals surface area contributed by atoms with Crippen LogP contribution < -0.4 is 5.43 Å². The summed E-state index contributed by atoms with van der Waals surface area (Å²) in [6.07, 6.45) is 0. The van der Waals surface area contributed by atoms with Crippen molar-refractivity contribution in [2.45, 2.75) is 13.2 Å². The average Bonchev–Trinajstić information content (AvgIpc) is 2.72. The van der Waals surface area contributed by atoms with Gasteiger partial charge in [-0.2, -0.15) is 0 Å². The molecule has 0 bridgehead atoms. The fraction of sp³-hybridized carbons (Fsp3) is 0.0909. The van der Waals surface area contributed by atoms with Gasteiger partial charge in [0, 0.05) is 16.3 Å². The van der Waals surface area contributed by atoms with Crippen LogP contribution in [0.3, 0.4) is 0 Å². The Morgan fingerprint density at radius 3 is 2.11 bits per heavy atom. The second kappa shape index (κ2) is 7.23. The smallest absolute Gasteiger partial charge is 0.326 e. The molecule has 4 nitrogen and oxygen atoms in total. The topological polar surface area (TPSA) is 48.3 Å². The lowest BCUT2D eigenvalue weighted by molar-refractivity contribution is -0.145. The largest absolute Gasteiger partial charge is 0.459 e. The van der Waals surface area contributed by atoms with E-state index >= 15 is 0 Å². The Morgan fingerprint density at radius 2 is 1.46 bits per heavy atom. The summed E-state index contributed by atoms with van der Waals surface area (Å²) in [5.41, 5.74) is 1.04. The number of rotatable bonds is 4. The van der Waals surface area contributed by atoms with Crippen LogP contribution in [0.25, 0.3) is 21.8 Å². The number of nitrogens with zero attached hydrogens (tertiary/aromatic N) is 1. The molecule has 0 aliphatic rings. The Balaban J connectivity index is 1.69. The number of halogens is 2. The summed E-state index contributed by atoms with van der Waals surface area (Å²) in [5.74, 6) is -2.65. The minimum absolute atomic E-state index is 0.0389. The maximum atomic E-state index is 13.7. The Bertz CT molecular complexity index is 1200. The quantitative estimate of drug-likeness (QED) is 0.395. The van der Waals surface area contributed by atoms with Crippen molar-refractivity contribution < 1.29 is 18.3 Å². The SMILES string of the molecule is O=C(Cn1c2ccccc2c(=O)c2ccccc21)OCc1cccc(F)c1F. The first kappa shape index (κ1) is 17.9. The van der Waals surface area contributed by atoms with Crippen molar-refractivity contribution in [2.24, 2.45) is 0 Å². The third-order valence-electron chi connectivity index (χ3n) is 4.59. The van der Waals surface area contributed by atoms with E-state index in [0.29, 0.717) is 21.8 Å². The van der Waals surface area contributed by atoms with Crippen LogP contribution in [0.5, 0.6) is 0 Å². The Labute approximate surface area is 158 Å². The minimum Gasteiger partial charge on any atom is -0.459 e. The van der Waals surface area contributed by atoms with Gasteiger partial charge in [0.25, 0.3) is 0 Å². The van der Waals surface area contributed by atoms with E-state index in [0.717, 1.165) is 6.07 Å². The molecule has 0 aliphatic carbocycles. The highest BCUT2D eigenvalue weighted by Gasteiger charge is 2.15. The molecule has 4 aromatic rings. The molecule has 0 N–H and O–H groups in total. The van der Waals surface area contributed by atoms with Gasteiger partial charge in [0.1, 0.15) is 13.2 Å². The van der Waals surface area contributed by atoms with Gasteiger partial charge in [0.05, 0.1) is 11.0 Å². The third kappa shape index (κ3) is 3.13. The number of benzene rings is 3. The van der Waals surface area contributed by atoms with E-state index < -0.39 is 17.6 Å². The summed E-state index contributed by atoms with van der Waals surface area (Å²) in [7, 11) is 0. The van der Waals surface area contributed by atoms with Gasteiger partial charge < -0.3 is 9.30 Å². The molecule has 6 heteroatoms. The van der Waals surface area contributed by atoms with Crippen LogP contribution >= 0.6 is 0 Å². The second-order valence-corrected chi connectivity index (χ2v) is 6.32. The van der Waals surface area contributed by atoms with Gasteiger partial charge in [-0.15, -0.1) is 0 Å². The summed E-state index contributed by atoms with van der Waals surface area (Å²) in [6.45, 7) is -0.545. The predicted molar refractivity (Wildman–Crippen MR) is 102 cm³/mol. The number of carbonyl (C=O) groups excluding carboxylic acids is 1. The molecule has 28 heavy (non-hydrogen) atoms. The highest BCUT2D eigenvalue weighted by molar-refractivity contribution is 5.94. The number of para-hydroxylation sites is 2. The standard InChI is InChI=1S/C22H15F2NO3/c23-17-9-5-6-14(21(17)24)13-28-20(26)12-25-18-10-3-1-7-15(18)22(27)16-8-2-4-11-19(16)25/h1-11H,12-13H2. The predicted octanol–water partition coefficient (Wildman–Crippen LogP) is 4.18. The minimum atomic E-state index is -1.03. The zero-order valence-electron chi connectivity index (χ0n) is 14.7. The van der Waals surface area contributed by atoms with Crippen LogP contribution in [0.15, 0.2) is 71.5 Å². The lowest BCUT2D eigenvalue weighted by atomic mass is 10.1. The van der Waals surface area contributed by atoms with E-state index in [2.05, 4.69) is 0 Å². The van der Waals surface area contributed by atoms with E-state index in [-0.39, 0.29) is 24.1 Å². The van der Waals surface area contributed by atoms with Crippen LogP contribution in [-0.4, -0.2) is 10.5 Å². The number of hydrogen-bond donors (Lipinski definition) is 0. The van der Waals surface area contributed by atoms with Crippen LogP contribution in [0.1, 0.15) is 5.56 Å². The van der Waals surface area contributed by atoms with Gasteiger partial charge in [0.2, 0.25) is 0 Å². The molecule has 0 unspecified atom stereocenters. The number of ether oxygens (including phenoxy) is 1. The number of pyridine rings is 1. The molecule has 0 radical (unpaired) electrons. The monoisotopic (exact) mass is 379 g/mol. The lowest BCUT2D eigenvalue weighted by Crippen LogP contribution is -2.18. The fourth-order valence-corrected chi connectivity index (χ4v) is 3.24. The van der Waals surface area contributed by atoms with E-state index in [1.54, 1.807) is 53.1 Å². The Kier molecular flexibility index (Phi) is 4.61. The first-order valence-electron chi connectivity index (χ1n) is 8.65. The molecule has 0 fully saturated rings. The number of aromatic nitrogens is 1. The molecule has 3 aromatic carbocycles. The maximum Gasteiger partial charge on any atom is 0.326 e. The lowest BCUT2D eigenvalue weighted by Gasteiger charge is -2.14. The van der Waals surface area contributed by atoms with Crippen LogP contribution in [0.2, 0.25) is 0 Å². The van der Waals surface area contributed by atoms with E-state index in [4.69, 9.17) is 4.74 Å². The highest BCUT2D eigenvalue weighted by Crippen LogP contribution is 2.19. The summed E-state index contributed by atoms with van der Waals surface area (Å²) < 4.78 is 33.9. The summed E-state index contributed by atoms with van der Waals surface area (Å²) in [4.78, 5) is 25.1. The van der Waals surface area contributed by atoms with Crippen molar-refractivity contribution in [2.75, 3.05) is 0 Å². The van der Waals surface area contributed by atoms with E-state index in [1.165, 1.54) is 12.1 Å². The number of fused-ring (bicyclic) bond motifs is 2. The molecule has 0 saturated heterocycles. The van der Waals surface area contributed by atoms with E-state index in [1.807, 2.05) is 0 Å². The van der Waals surface area contributed by atoms with Crippen molar-refractivity contribution in [3.8, 4) is 0 Å². The maximum absolute atomic E-state index is 13.7. The Hall–Kier alpha value is -3.54. The number of carbonyl (C=O) groups is 1. The molecule has 1 heterocycles. The average molecular weight is 379 g/mol. The molecule has 0 saturated carbocycles. The van der Waals surface area contributed by atoms with Gasteiger partial charge in [0.15, 0.2) is 17.1 Å². The molecule has 0 spiro atoms. The van der Waals surface area contributed by atoms with Crippen molar-refractivity contribution in [1.29, 1.82) is 0 Å². The van der Waals surface area contributed by atoms with Gasteiger partial charge in [-0.3, -0.25) is 9.59 Å². The summed E-state index contributed by atoms with van der Waals surface area (Å²) >= 11 is 0. The van der Waals surface area contributed by atoms with Gasteiger partial charge in [-0.25, -0.2) is 8.78 Å². The molecule has 0 amide bonds. The fourth-order valence-electron chi connectivity index (χ4n) is 3.24. The zero-order chi connectivity index (χ0) is 19.7. The highest BCUT2D eigenvalue weighted by atomic mass is 19.2. The molecular formula is C22H15F2NO3. The molecule has 0 aliphatic heterocycles. The Morgan fingerprint density at radius 1 is 0.857 bits per heavy atom.